The quantitative estimate of drug-likeness (QED) is 0.307. The molecule has 2 aliphatic heterocycles. The van der Waals surface area contributed by atoms with E-state index in [1.165, 1.54) is 23.0 Å². The van der Waals surface area contributed by atoms with Gasteiger partial charge in [-0.3, -0.25) is 19.8 Å². The van der Waals surface area contributed by atoms with Gasteiger partial charge < -0.3 is 18.6 Å². The van der Waals surface area contributed by atoms with Crippen molar-refractivity contribution in [3.05, 3.63) is 71.8 Å². The lowest BCUT2D eigenvalue weighted by Gasteiger charge is -2.46. The molecule has 2 amide bonds. The fourth-order valence-electron chi connectivity index (χ4n) is 6.59. The van der Waals surface area contributed by atoms with Crippen molar-refractivity contribution in [2.75, 3.05) is 44.7 Å². The summed E-state index contributed by atoms with van der Waals surface area (Å²) in [6, 6.07) is 14.1. The van der Waals surface area contributed by atoms with E-state index in [-0.39, 0.29) is 23.3 Å². The Morgan fingerprint density at radius 3 is 2.78 bits per heavy atom. The van der Waals surface area contributed by atoms with Gasteiger partial charge in [0.1, 0.15) is 5.76 Å². The number of rotatable bonds is 7. The summed E-state index contributed by atoms with van der Waals surface area (Å²) in [5.41, 5.74) is 3.23. The summed E-state index contributed by atoms with van der Waals surface area (Å²) in [6.45, 7) is 9.40. The van der Waals surface area contributed by atoms with Crippen molar-refractivity contribution in [3.8, 4) is 10.6 Å². The predicted octanol–water partition coefficient (Wildman–Crippen LogP) is 5.18. The number of ether oxygens (including phenoxy) is 1. The van der Waals surface area contributed by atoms with Gasteiger partial charge in [0.05, 0.1) is 40.3 Å². The molecule has 41 heavy (non-hydrogen) atoms. The lowest BCUT2D eigenvalue weighted by atomic mass is 9.64. The molecule has 2 saturated heterocycles. The van der Waals surface area contributed by atoms with Crippen LogP contribution in [-0.4, -0.2) is 70.6 Å². The molecular formula is C31H33N5O4S. The molecule has 3 aliphatic rings. The molecule has 1 N–H and O–H groups in total. The van der Waals surface area contributed by atoms with Gasteiger partial charge in [-0.25, -0.2) is 4.98 Å². The monoisotopic (exact) mass is 571 g/mol. The number of carbonyl (C=O) groups excluding carboxylic acids is 2. The number of benzene rings is 1. The summed E-state index contributed by atoms with van der Waals surface area (Å²) < 4.78 is 13.3. The van der Waals surface area contributed by atoms with Crippen molar-refractivity contribution in [3.63, 3.8) is 0 Å². The maximum Gasteiger partial charge on any atom is 0.268 e. The minimum Gasteiger partial charge on any atom is -0.464 e. The number of likely N-dealkylation sites (tertiary alicyclic amines) is 1. The van der Waals surface area contributed by atoms with E-state index in [1.54, 1.807) is 6.26 Å². The van der Waals surface area contributed by atoms with Crippen molar-refractivity contribution in [1.29, 1.82) is 0 Å². The van der Waals surface area contributed by atoms with E-state index >= 15 is 0 Å². The second-order valence-electron chi connectivity index (χ2n) is 11.4. The first-order valence-corrected chi connectivity index (χ1v) is 15.0. The minimum atomic E-state index is -0.185. The number of nitrogens with one attached hydrogen (secondary N) is 1. The molecule has 5 heterocycles. The van der Waals surface area contributed by atoms with Crippen LogP contribution in [0.3, 0.4) is 0 Å². The van der Waals surface area contributed by atoms with Gasteiger partial charge in [0, 0.05) is 38.8 Å². The Labute approximate surface area is 242 Å². The van der Waals surface area contributed by atoms with E-state index in [9.17, 15) is 9.59 Å². The third-order valence-electron chi connectivity index (χ3n) is 8.71. The summed E-state index contributed by atoms with van der Waals surface area (Å²) >= 11 is 1.40. The Morgan fingerprint density at radius 1 is 1.15 bits per heavy atom. The van der Waals surface area contributed by atoms with E-state index in [4.69, 9.17) is 14.1 Å². The molecule has 1 saturated carbocycles. The van der Waals surface area contributed by atoms with E-state index < -0.39 is 0 Å². The zero-order valence-corrected chi connectivity index (χ0v) is 23.7. The summed E-state index contributed by atoms with van der Waals surface area (Å²) in [7, 11) is 0. The molecule has 3 aromatic heterocycles. The van der Waals surface area contributed by atoms with Gasteiger partial charge >= 0.3 is 0 Å². The van der Waals surface area contributed by atoms with Gasteiger partial charge in [0.2, 0.25) is 11.9 Å². The largest absolute Gasteiger partial charge is 0.464 e. The minimum absolute atomic E-state index is 0.00368. The molecule has 0 radical (unpaired) electrons. The van der Waals surface area contributed by atoms with Gasteiger partial charge in [-0.15, -0.1) is 11.3 Å². The van der Waals surface area contributed by atoms with Crippen molar-refractivity contribution < 1.29 is 18.7 Å². The van der Waals surface area contributed by atoms with Crippen molar-refractivity contribution >= 4 is 40.1 Å². The van der Waals surface area contributed by atoms with Crippen molar-refractivity contribution in [1.82, 2.24) is 19.4 Å². The average Bonchev–Trinajstić information content (AvgIpc) is 3.77. The van der Waals surface area contributed by atoms with E-state index in [2.05, 4.69) is 39.6 Å². The highest BCUT2D eigenvalue weighted by Gasteiger charge is 2.50. The van der Waals surface area contributed by atoms with Crippen LogP contribution in [-0.2, 0) is 16.1 Å². The van der Waals surface area contributed by atoms with E-state index in [1.807, 2.05) is 29.2 Å². The zero-order chi connectivity index (χ0) is 28.0. The molecule has 10 heteroatoms. The number of anilines is 1. The molecule has 1 aromatic carbocycles. The van der Waals surface area contributed by atoms with Crippen molar-refractivity contribution in [2.24, 2.45) is 5.41 Å². The summed E-state index contributed by atoms with van der Waals surface area (Å²) in [4.78, 5) is 36.4. The number of fused-ring (bicyclic) bond motifs is 1. The molecule has 1 spiro atoms. The molecule has 3 fully saturated rings. The van der Waals surface area contributed by atoms with Crippen LogP contribution in [0.2, 0.25) is 0 Å². The van der Waals surface area contributed by atoms with Gasteiger partial charge in [-0.1, -0.05) is 12.6 Å². The summed E-state index contributed by atoms with van der Waals surface area (Å²) in [6.07, 6.45) is 5.91. The highest BCUT2D eigenvalue weighted by molar-refractivity contribution is 7.17. The lowest BCUT2D eigenvalue weighted by Crippen LogP contribution is -2.42. The number of carbonyl (C=O) groups is 2. The third kappa shape index (κ3) is 5.00. The van der Waals surface area contributed by atoms with Crippen LogP contribution < -0.4 is 5.32 Å². The Bertz CT molecular complexity index is 1590. The number of hydrogen-bond donors (Lipinski definition) is 1. The van der Waals surface area contributed by atoms with Gasteiger partial charge in [-0.05, 0) is 72.7 Å². The predicted molar refractivity (Wildman–Crippen MR) is 158 cm³/mol. The Balaban J connectivity index is 1.17. The number of nitrogens with zero attached hydrogens (tertiary/aromatic N) is 4. The summed E-state index contributed by atoms with van der Waals surface area (Å²) in [5.74, 6) is 1.13. The van der Waals surface area contributed by atoms with Crippen molar-refractivity contribution in [2.45, 2.75) is 31.8 Å². The lowest BCUT2D eigenvalue weighted by molar-refractivity contribution is -0.125. The van der Waals surface area contributed by atoms with Gasteiger partial charge in [0.25, 0.3) is 5.91 Å². The van der Waals surface area contributed by atoms with Crippen LogP contribution in [0.1, 0.15) is 40.5 Å². The van der Waals surface area contributed by atoms with E-state index in [0.717, 1.165) is 86.9 Å². The number of imidazole rings is 1. The number of thiophene rings is 1. The molecule has 4 aromatic rings. The first-order chi connectivity index (χ1) is 20.0. The highest BCUT2D eigenvalue weighted by Crippen LogP contribution is 2.55. The zero-order valence-electron chi connectivity index (χ0n) is 22.9. The molecule has 7 rings (SSSR count). The SMILES string of the molecule is C=CC(=O)N1CCC2(CC(n3c(NC(=O)c4ccc(-c5ccco5)s4)nc4ccc(CN5CCOCC5)cc43)C2)C1. The number of amides is 2. The third-order valence-corrected chi connectivity index (χ3v) is 9.81. The number of hydrogen-bond acceptors (Lipinski definition) is 7. The van der Waals surface area contributed by atoms with Gasteiger partial charge in [-0.2, -0.15) is 0 Å². The number of furan rings is 1. The van der Waals surface area contributed by atoms with Gasteiger partial charge in [0.15, 0.2) is 0 Å². The average molecular weight is 572 g/mol. The molecule has 0 unspecified atom stereocenters. The van der Waals surface area contributed by atoms with E-state index in [0.29, 0.717) is 10.8 Å². The second kappa shape index (κ2) is 10.6. The molecule has 9 nitrogen and oxygen atoms in total. The fourth-order valence-corrected chi connectivity index (χ4v) is 7.46. The highest BCUT2D eigenvalue weighted by atomic mass is 32.1. The smallest absolute Gasteiger partial charge is 0.268 e. The standard InChI is InChI=1S/C31H33N5O4S/c1-2-28(37)35-10-9-31(20-35)17-22(18-31)36-24-16-21(19-34-11-14-39-15-12-34)5-6-23(24)32-30(36)33-29(38)27-8-7-26(41-27)25-4-3-13-40-25/h2-8,13,16,22H,1,9-12,14-15,17-20H2,(H,32,33,38). The number of morpholine rings is 1. The van der Waals surface area contributed by atoms with Crippen LogP contribution in [0.15, 0.2) is 65.8 Å². The second-order valence-corrected chi connectivity index (χ2v) is 12.5. The van der Waals surface area contributed by atoms with Crippen LogP contribution in [0.4, 0.5) is 5.95 Å². The normalized spacial score (nSPS) is 22.7. The first-order valence-electron chi connectivity index (χ1n) is 14.2. The molecule has 0 bridgehead atoms. The first kappa shape index (κ1) is 26.2. The van der Waals surface area contributed by atoms with Crippen LogP contribution in [0.25, 0.3) is 21.7 Å². The Kier molecular flexibility index (Phi) is 6.76. The summed E-state index contributed by atoms with van der Waals surface area (Å²) in [5, 5.41) is 3.13. The van der Waals surface area contributed by atoms with Crippen LogP contribution in [0, 0.1) is 5.41 Å². The number of aromatic nitrogens is 2. The maximum absolute atomic E-state index is 13.4. The molecular weight excluding hydrogens is 538 g/mol. The topological polar surface area (TPSA) is 92.8 Å². The molecule has 0 atom stereocenters. The Hall–Kier alpha value is -3.73. The fraction of sp³-hybridized carbons (Fsp3) is 0.387. The molecule has 1 aliphatic carbocycles. The Morgan fingerprint density at radius 2 is 2.00 bits per heavy atom. The maximum atomic E-state index is 13.4. The molecule has 212 valence electrons. The van der Waals surface area contributed by atoms with Crippen LogP contribution >= 0.6 is 11.3 Å². The van der Waals surface area contributed by atoms with Crippen LogP contribution in [0.5, 0.6) is 0 Å².